The van der Waals surface area contributed by atoms with E-state index in [4.69, 9.17) is 4.74 Å². The topological polar surface area (TPSA) is 50.3 Å². The molecule has 0 amide bonds. The van der Waals surface area contributed by atoms with Crippen molar-refractivity contribution >= 4 is 16.5 Å². The minimum absolute atomic E-state index is 0.233. The molecule has 1 aromatic rings. The van der Waals surface area contributed by atoms with Crippen LogP contribution in [0, 0.1) is 0 Å². The Kier molecular flexibility index (Phi) is 3.50. The molecule has 2 aliphatic rings. The van der Waals surface area contributed by atoms with Gasteiger partial charge in [0.05, 0.1) is 18.8 Å². The van der Waals surface area contributed by atoms with Crippen molar-refractivity contribution in [3.63, 3.8) is 0 Å². The summed E-state index contributed by atoms with van der Waals surface area (Å²) in [5, 5.41) is 14.0. The Morgan fingerprint density at radius 1 is 1.44 bits per heavy atom. The maximum absolute atomic E-state index is 5.80. The molecule has 2 fully saturated rings. The van der Waals surface area contributed by atoms with Crippen LogP contribution in [0.3, 0.4) is 0 Å². The molecule has 1 saturated heterocycles. The monoisotopic (exact) mass is 268 g/mol. The van der Waals surface area contributed by atoms with E-state index >= 15 is 0 Å². The highest BCUT2D eigenvalue weighted by atomic mass is 32.1. The third kappa shape index (κ3) is 2.81. The van der Waals surface area contributed by atoms with Crippen LogP contribution in [0.4, 0.5) is 5.13 Å². The first-order valence-electron chi connectivity index (χ1n) is 6.62. The molecule has 3 rings (SSSR count). The van der Waals surface area contributed by atoms with Crippen molar-refractivity contribution in [2.24, 2.45) is 0 Å². The second kappa shape index (κ2) is 5.11. The van der Waals surface area contributed by atoms with Crippen molar-refractivity contribution in [2.45, 2.75) is 37.8 Å². The van der Waals surface area contributed by atoms with Gasteiger partial charge in [-0.3, -0.25) is 0 Å². The predicted molar refractivity (Wildman–Crippen MR) is 72.2 cm³/mol. The van der Waals surface area contributed by atoms with E-state index in [1.807, 2.05) is 0 Å². The number of likely N-dealkylation sites (N-methyl/N-ethyl adjacent to an activating group) is 1. The first kappa shape index (κ1) is 12.3. The molecule has 2 unspecified atom stereocenters. The van der Waals surface area contributed by atoms with E-state index < -0.39 is 0 Å². The number of hydrogen-bond donors (Lipinski definition) is 1. The number of aromatic nitrogens is 2. The second-order valence-electron chi connectivity index (χ2n) is 5.32. The van der Waals surface area contributed by atoms with Crippen molar-refractivity contribution in [3.8, 4) is 0 Å². The Bertz CT molecular complexity index is 407. The third-order valence-electron chi connectivity index (χ3n) is 3.57. The normalized spacial score (nSPS) is 27.1. The highest BCUT2D eigenvalue weighted by Gasteiger charge is 2.28. The van der Waals surface area contributed by atoms with E-state index in [0.29, 0.717) is 5.92 Å². The first-order valence-corrected chi connectivity index (χ1v) is 7.44. The van der Waals surface area contributed by atoms with Gasteiger partial charge in [-0.05, 0) is 26.8 Å². The van der Waals surface area contributed by atoms with Gasteiger partial charge in [0.25, 0.3) is 0 Å². The van der Waals surface area contributed by atoms with Gasteiger partial charge in [-0.2, -0.15) is 0 Å². The van der Waals surface area contributed by atoms with Crippen LogP contribution in [0.1, 0.15) is 30.7 Å². The zero-order chi connectivity index (χ0) is 12.5. The van der Waals surface area contributed by atoms with E-state index in [0.717, 1.165) is 24.8 Å². The van der Waals surface area contributed by atoms with E-state index in [9.17, 15) is 0 Å². The number of hydrogen-bond acceptors (Lipinski definition) is 6. The molecule has 1 saturated carbocycles. The predicted octanol–water partition coefficient (Wildman–Crippen LogP) is 1.55. The fourth-order valence-corrected chi connectivity index (χ4v) is 3.20. The van der Waals surface area contributed by atoms with Crippen LogP contribution in [0.2, 0.25) is 0 Å². The highest BCUT2D eigenvalue weighted by Crippen LogP contribution is 2.42. The van der Waals surface area contributed by atoms with Crippen LogP contribution < -0.4 is 5.32 Å². The van der Waals surface area contributed by atoms with Gasteiger partial charge in [0.15, 0.2) is 0 Å². The van der Waals surface area contributed by atoms with Crippen LogP contribution in [0.25, 0.3) is 0 Å². The minimum atomic E-state index is 0.233. The number of rotatable bonds is 4. The summed E-state index contributed by atoms with van der Waals surface area (Å²) in [4.78, 5) is 2.31. The fourth-order valence-electron chi connectivity index (χ4n) is 2.19. The molecule has 1 N–H and O–H groups in total. The summed E-state index contributed by atoms with van der Waals surface area (Å²) in [5.74, 6) is 0.686. The molecule has 0 bridgehead atoms. The average Bonchev–Trinajstić information content (AvgIpc) is 3.11. The molecule has 2 heterocycles. The molecule has 100 valence electrons. The average molecular weight is 268 g/mol. The van der Waals surface area contributed by atoms with E-state index in [-0.39, 0.29) is 12.1 Å². The summed E-state index contributed by atoms with van der Waals surface area (Å²) in [5.41, 5.74) is 0. The van der Waals surface area contributed by atoms with Crippen molar-refractivity contribution < 1.29 is 4.74 Å². The van der Waals surface area contributed by atoms with Crippen LogP contribution in [-0.4, -0.2) is 54.0 Å². The molecular weight excluding hydrogens is 248 g/mol. The van der Waals surface area contributed by atoms with Gasteiger partial charge in [-0.15, -0.1) is 10.2 Å². The first-order chi connectivity index (χ1) is 8.72. The summed E-state index contributed by atoms with van der Waals surface area (Å²) >= 11 is 1.69. The lowest BCUT2D eigenvalue weighted by Gasteiger charge is -2.33. The Morgan fingerprint density at radius 2 is 2.28 bits per heavy atom. The Hall–Kier alpha value is -0.720. The zero-order valence-electron chi connectivity index (χ0n) is 10.9. The van der Waals surface area contributed by atoms with Gasteiger partial charge < -0.3 is 15.0 Å². The summed E-state index contributed by atoms with van der Waals surface area (Å²) in [6, 6.07) is 0.271. The molecule has 2 atom stereocenters. The van der Waals surface area contributed by atoms with Gasteiger partial charge in [-0.25, -0.2) is 0 Å². The molecular formula is C12H20N4OS. The van der Waals surface area contributed by atoms with E-state index in [2.05, 4.69) is 34.4 Å². The van der Waals surface area contributed by atoms with Crippen LogP contribution in [-0.2, 0) is 4.74 Å². The fraction of sp³-hybridized carbons (Fsp3) is 0.833. The van der Waals surface area contributed by atoms with Crippen molar-refractivity contribution in [1.82, 2.24) is 15.1 Å². The SMILES string of the molecule is CC(Nc1nnc(C2CC2)s1)C1CN(C)CCO1. The lowest BCUT2D eigenvalue weighted by molar-refractivity contribution is -0.0259. The van der Waals surface area contributed by atoms with Gasteiger partial charge in [0, 0.05) is 19.0 Å². The van der Waals surface area contributed by atoms with E-state index in [1.54, 1.807) is 11.3 Å². The number of anilines is 1. The molecule has 5 nitrogen and oxygen atoms in total. The van der Waals surface area contributed by atoms with E-state index in [1.165, 1.54) is 17.8 Å². The molecule has 1 aromatic heterocycles. The number of ether oxygens (including phenoxy) is 1. The number of morpholine rings is 1. The Balaban J connectivity index is 1.56. The Labute approximate surface area is 112 Å². The molecule has 1 aliphatic carbocycles. The molecule has 18 heavy (non-hydrogen) atoms. The standard InChI is InChI=1S/C12H20N4OS/c1-8(10-7-16(2)5-6-17-10)13-12-15-14-11(18-12)9-3-4-9/h8-10H,3-7H2,1-2H3,(H,13,15). The zero-order valence-corrected chi connectivity index (χ0v) is 11.7. The smallest absolute Gasteiger partial charge is 0.205 e. The molecule has 6 heteroatoms. The van der Waals surface area contributed by atoms with Gasteiger partial charge in [0.2, 0.25) is 5.13 Å². The lowest BCUT2D eigenvalue weighted by Crippen LogP contribution is -2.47. The number of nitrogens with one attached hydrogen (secondary N) is 1. The van der Waals surface area contributed by atoms with Crippen LogP contribution >= 0.6 is 11.3 Å². The number of nitrogens with zero attached hydrogens (tertiary/aromatic N) is 3. The minimum Gasteiger partial charge on any atom is -0.373 e. The maximum atomic E-state index is 5.80. The third-order valence-corrected chi connectivity index (χ3v) is 4.59. The van der Waals surface area contributed by atoms with Gasteiger partial charge in [0.1, 0.15) is 5.01 Å². The second-order valence-corrected chi connectivity index (χ2v) is 6.33. The van der Waals surface area contributed by atoms with Crippen molar-refractivity contribution in [1.29, 1.82) is 0 Å². The summed E-state index contributed by atoms with van der Waals surface area (Å²) in [6.07, 6.45) is 2.79. The van der Waals surface area contributed by atoms with Crippen LogP contribution in [0.5, 0.6) is 0 Å². The molecule has 0 spiro atoms. The highest BCUT2D eigenvalue weighted by molar-refractivity contribution is 7.15. The largest absolute Gasteiger partial charge is 0.373 e. The van der Waals surface area contributed by atoms with Crippen molar-refractivity contribution in [3.05, 3.63) is 5.01 Å². The van der Waals surface area contributed by atoms with Gasteiger partial charge >= 0.3 is 0 Å². The maximum Gasteiger partial charge on any atom is 0.205 e. The molecule has 1 aliphatic heterocycles. The Morgan fingerprint density at radius 3 is 3.00 bits per heavy atom. The van der Waals surface area contributed by atoms with Crippen molar-refractivity contribution in [2.75, 3.05) is 32.1 Å². The quantitative estimate of drug-likeness (QED) is 0.898. The summed E-state index contributed by atoms with van der Waals surface area (Å²) in [6.45, 7) is 4.97. The summed E-state index contributed by atoms with van der Waals surface area (Å²) in [7, 11) is 2.14. The molecule has 0 aromatic carbocycles. The molecule has 0 radical (unpaired) electrons. The lowest BCUT2D eigenvalue weighted by atomic mass is 10.1. The summed E-state index contributed by atoms with van der Waals surface area (Å²) < 4.78 is 5.80. The van der Waals surface area contributed by atoms with Gasteiger partial charge in [-0.1, -0.05) is 11.3 Å². The van der Waals surface area contributed by atoms with Crippen LogP contribution in [0.15, 0.2) is 0 Å².